The molecule has 0 bridgehead atoms. The van der Waals surface area contributed by atoms with E-state index in [1.54, 1.807) is 24.5 Å². The highest BCUT2D eigenvalue weighted by Gasteiger charge is 2.16. The van der Waals surface area contributed by atoms with Gasteiger partial charge in [-0.15, -0.1) is 0 Å². The average molecular weight is 229 g/mol. The summed E-state index contributed by atoms with van der Waals surface area (Å²) >= 11 is 0. The minimum atomic E-state index is -0.763. The summed E-state index contributed by atoms with van der Waals surface area (Å²) in [6, 6.07) is 12.7. The molecule has 0 radical (unpaired) electrons. The highest BCUT2D eigenvalue weighted by molar-refractivity contribution is 5.49. The highest BCUT2D eigenvalue weighted by Crippen LogP contribution is 2.16. The van der Waals surface area contributed by atoms with Crippen molar-refractivity contribution in [2.24, 2.45) is 5.73 Å². The summed E-state index contributed by atoms with van der Waals surface area (Å²) in [5.41, 5.74) is 6.88. The van der Waals surface area contributed by atoms with Gasteiger partial charge in [-0.2, -0.15) is 0 Å². The van der Waals surface area contributed by atoms with Gasteiger partial charge in [-0.25, -0.2) is 0 Å². The number of rotatable bonds is 4. The van der Waals surface area contributed by atoms with Crippen LogP contribution in [0.3, 0.4) is 0 Å². The molecule has 0 saturated carbocycles. The van der Waals surface area contributed by atoms with E-state index in [0.717, 1.165) is 5.56 Å². The fraction of sp³-hybridized carbons (Fsp3) is 0.143. The molecule has 0 aliphatic carbocycles. The van der Waals surface area contributed by atoms with E-state index in [2.05, 4.69) is 0 Å². The van der Waals surface area contributed by atoms with Crippen LogP contribution < -0.4 is 5.73 Å². The Bertz CT molecular complexity index is 462. The lowest BCUT2D eigenvalue weighted by atomic mass is 10.1. The highest BCUT2D eigenvalue weighted by atomic mass is 16.3. The van der Waals surface area contributed by atoms with E-state index in [1.165, 1.54) is 0 Å². The predicted molar refractivity (Wildman–Crippen MR) is 67.1 cm³/mol. The Morgan fingerprint density at radius 2 is 1.88 bits per heavy atom. The molecule has 3 nitrogen and oxygen atoms in total. The topological polar surface area (TPSA) is 59.4 Å². The number of hydrogen-bond donors (Lipinski definition) is 2. The molecule has 3 N–H and O–H groups in total. The molecular formula is C14H15NO2. The van der Waals surface area contributed by atoms with Gasteiger partial charge in [0.2, 0.25) is 0 Å². The second-order valence-corrected chi connectivity index (χ2v) is 3.80. The number of hydrogen-bond acceptors (Lipinski definition) is 3. The Morgan fingerprint density at radius 3 is 2.53 bits per heavy atom. The lowest BCUT2D eigenvalue weighted by Crippen LogP contribution is -2.23. The normalized spacial score (nSPS) is 14.9. The molecule has 2 unspecified atom stereocenters. The van der Waals surface area contributed by atoms with Gasteiger partial charge in [0, 0.05) is 0 Å². The van der Waals surface area contributed by atoms with E-state index < -0.39 is 12.1 Å². The Hall–Kier alpha value is -1.84. The Labute approximate surface area is 100 Å². The Kier molecular flexibility index (Phi) is 3.75. The molecule has 2 aromatic rings. The van der Waals surface area contributed by atoms with Gasteiger partial charge < -0.3 is 15.3 Å². The van der Waals surface area contributed by atoms with E-state index in [9.17, 15) is 5.11 Å². The summed E-state index contributed by atoms with van der Waals surface area (Å²) in [7, 11) is 0. The first-order valence-electron chi connectivity index (χ1n) is 5.47. The summed E-state index contributed by atoms with van der Waals surface area (Å²) in [5, 5.41) is 9.88. The molecule has 0 saturated heterocycles. The summed E-state index contributed by atoms with van der Waals surface area (Å²) < 4.78 is 5.15. The van der Waals surface area contributed by atoms with Crippen LogP contribution in [0.15, 0.2) is 59.2 Å². The first-order valence-corrected chi connectivity index (χ1v) is 5.47. The monoisotopic (exact) mass is 229 g/mol. The molecule has 0 aliphatic heterocycles. The van der Waals surface area contributed by atoms with Gasteiger partial charge in [-0.3, -0.25) is 0 Å². The second-order valence-electron chi connectivity index (χ2n) is 3.80. The van der Waals surface area contributed by atoms with Crippen LogP contribution in [-0.2, 0) is 0 Å². The number of aliphatic hydroxyl groups is 1. The molecule has 1 aromatic carbocycles. The van der Waals surface area contributed by atoms with Crippen LogP contribution in [0, 0.1) is 0 Å². The molecule has 0 fully saturated rings. The molecule has 3 heteroatoms. The van der Waals surface area contributed by atoms with Crippen LogP contribution in [0.5, 0.6) is 0 Å². The summed E-state index contributed by atoms with van der Waals surface area (Å²) in [6.07, 6.45) is 4.29. The zero-order chi connectivity index (χ0) is 12.1. The van der Waals surface area contributed by atoms with Crippen molar-refractivity contribution >= 4 is 6.08 Å². The van der Waals surface area contributed by atoms with Crippen LogP contribution in [0.1, 0.15) is 17.4 Å². The molecule has 2 atom stereocenters. The van der Waals surface area contributed by atoms with Gasteiger partial charge in [0.15, 0.2) is 0 Å². The molecular weight excluding hydrogens is 214 g/mol. The SMILES string of the molecule is NC(c1ccco1)C(O)/C=C/c1ccccc1. The molecule has 0 spiro atoms. The molecule has 0 aliphatic rings. The summed E-state index contributed by atoms with van der Waals surface area (Å²) in [5.74, 6) is 0.579. The van der Waals surface area contributed by atoms with E-state index in [-0.39, 0.29) is 0 Å². The number of furan rings is 1. The molecule has 88 valence electrons. The first-order chi connectivity index (χ1) is 8.27. The van der Waals surface area contributed by atoms with Gasteiger partial charge in [0.25, 0.3) is 0 Å². The quantitative estimate of drug-likeness (QED) is 0.846. The third kappa shape index (κ3) is 3.06. The van der Waals surface area contributed by atoms with E-state index in [0.29, 0.717) is 5.76 Å². The molecule has 1 heterocycles. The standard InChI is InChI=1S/C14H15NO2/c15-14(13-7-4-10-17-13)12(16)9-8-11-5-2-1-3-6-11/h1-10,12,14,16H,15H2/b9-8+. The van der Waals surface area contributed by atoms with Gasteiger partial charge in [-0.1, -0.05) is 42.5 Å². The molecule has 1 aromatic heterocycles. The van der Waals surface area contributed by atoms with Gasteiger partial charge >= 0.3 is 0 Å². The molecule has 17 heavy (non-hydrogen) atoms. The largest absolute Gasteiger partial charge is 0.468 e. The van der Waals surface area contributed by atoms with Crippen molar-refractivity contribution in [2.45, 2.75) is 12.1 Å². The third-order valence-corrected chi connectivity index (χ3v) is 2.53. The number of nitrogens with two attached hydrogens (primary N) is 1. The van der Waals surface area contributed by atoms with Crippen LogP contribution in [0.25, 0.3) is 6.08 Å². The van der Waals surface area contributed by atoms with Crippen molar-refractivity contribution in [3.05, 3.63) is 66.1 Å². The Morgan fingerprint density at radius 1 is 1.12 bits per heavy atom. The van der Waals surface area contributed by atoms with E-state index in [4.69, 9.17) is 10.2 Å². The minimum Gasteiger partial charge on any atom is -0.468 e. The molecule has 2 rings (SSSR count). The van der Waals surface area contributed by atoms with Crippen molar-refractivity contribution < 1.29 is 9.52 Å². The van der Waals surface area contributed by atoms with Crippen molar-refractivity contribution in [1.29, 1.82) is 0 Å². The third-order valence-electron chi connectivity index (χ3n) is 2.53. The lowest BCUT2D eigenvalue weighted by Gasteiger charge is -2.12. The Balaban J connectivity index is 2.02. The van der Waals surface area contributed by atoms with Crippen molar-refractivity contribution in [3.63, 3.8) is 0 Å². The van der Waals surface area contributed by atoms with Crippen LogP contribution in [0.4, 0.5) is 0 Å². The average Bonchev–Trinajstić information content (AvgIpc) is 2.90. The van der Waals surface area contributed by atoms with Crippen molar-refractivity contribution in [1.82, 2.24) is 0 Å². The smallest absolute Gasteiger partial charge is 0.123 e. The van der Waals surface area contributed by atoms with E-state index in [1.807, 2.05) is 36.4 Å². The maximum absolute atomic E-state index is 9.88. The van der Waals surface area contributed by atoms with Crippen LogP contribution in [0.2, 0.25) is 0 Å². The summed E-state index contributed by atoms with van der Waals surface area (Å²) in [6.45, 7) is 0. The summed E-state index contributed by atoms with van der Waals surface area (Å²) in [4.78, 5) is 0. The second kappa shape index (κ2) is 5.48. The molecule has 0 amide bonds. The minimum absolute atomic E-state index is 0.537. The number of aliphatic hydroxyl groups excluding tert-OH is 1. The zero-order valence-corrected chi connectivity index (χ0v) is 9.36. The lowest BCUT2D eigenvalue weighted by molar-refractivity contribution is 0.181. The fourth-order valence-corrected chi connectivity index (χ4v) is 1.54. The van der Waals surface area contributed by atoms with Crippen LogP contribution in [-0.4, -0.2) is 11.2 Å². The maximum Gasteiger partial charge on any atom is 0.123 e. The van der Waals surface area contributed by atoms with Crippen molar-refractivity contribution in [2.75, 3.05) is 0 Å². The first kappa shape index (κ1) is 11.6. The van der Waals surface area contributed by atoms with E-state index >= 15 is 0 Å². The maximum atomic E-state index is 9.88. The van der Waals surface area contributed by atoms with Gasteiger partial charge in [0.1, 0.15) is 5.76 Å². The number of benzene rings is 1. The fourth-order valence-electron chi connectivity index (χ4n) is 1.54. The van der Waals surface area contributed by atoms with Crippen molar-refractivity contribution in [3.8, 4) is 0 Å². The van der Waals surface area contributed by atoms with Gasteiger partial charge in [0.05, 0.1) is 18.4 Å². The zero-order valence-electron chi connectivity index (χ0n) is 9.36. The van der Waals surface area contributed by atoms with Crippen LogP contribution >= 0.6 is 0 Å². The van der Waals surface area contributed by atoms with Gasteiger partial charge in [-0.05, 0) is 17.7 Å². The predicted octanol–water partition coefficient (Wildman–Crippen LogP) is 2.35.